The first-order valence-electron chi connectivity index (χ1n) is 15.6. The summed E-state index contributed by atoms with van der Waals surface area (Å²) in [5.41, 5.74) is 3.34. The highest BCUT2D eigenvalue weighted by Crippen LogP contribution is 2.58. The Morgan fingerprint density at radius 1 is 0.900 bits per heavy atom. The first-order chi connectivity index (χ1) is 18.7. The smallest absolute Gasteiger partial charge is 0.176 e. The van der Waals surface area contributed by atoms with Gasteiger partial charge in [-0.1, -0.05) is 19.3 Å². The normalized spacial score (nSPS) is 50.5. The third kappa shape index (κ3) is 5.53. The zero-order valence-corrected chi connectivity index (χ0v) is 23.6. The van der Waals surface area contributed by atoms with Crippen LogP contribution in [0.4, 0.5) is 0 Å². The molecule has 0 aromatic heterocycles. The highest BCUT2D eigenvalue weighted by atomic mass is 16.5. The molecule has 5 rings (SSSR count). The van der Waals surface area contributed by atoms with Gasteiger partial charge in [-0.05, 0) is 87.9 Å². The lowest BCUT2D eigenvalue weighted by Gasteiger charge is -2.60. The van der Waals surface area contributed by atoms with Gasteiger partial charge >= 0.3 is 0 Å². The van der Waals surface area contributed by atoms with Crippen LogP contribution in [0, 0.1) is 53.3 Å². The molecule has 10 unspecified atom stereocenters. The average molecular weight is 570 g/mol. The molecule has 0 aromatic carbocycles. The summed E-state index contributed by atoms with van der Waals surface area (Å²) in [6.07, 6.45) is 2.85. The van der Waals surface area contributed by atoms with E-state index in [1.807, 2.05) is 0 Å². The van der Waals surface area contributed by atoms with Gasteiger partial charge in [-0.2, -0.15) is 0 Å². The Bertz CT molecular complexity index is 902. The molecule has 5 aliphatic carbocycles. The van der Waals surface area contributed by atoms with E-state index in [9.17, 15) is 45.6 Å². The number of Topliss-reactive ketones (excluding diaryl/α,β-unsaturated/α-hetero) is 1. The maximum Gasteiger partial charge on any atom is 0.176 e. The molecule has 5 aliphatic rings. The summed E-state index contributed by atoms with van der Waals surface area (Å²) in [7, 11) is 0. The highest BCUT2D eigenvalue weighted by molar-refractivity contribution is 5.92. The molecule has 13 atom stereocenters. The molecule has 40 heavy (non-hydrogen) atoms. The lowest BCUT2D eigenvalue weighted by Crippen LogP contribution is -2.72. The van der Waals surface area contributed by atoms with Crippen molar-refractivity contribution in [3.8, 4) is 0 Å². The summed E-state index contributed by atoms with van der Waals surface area (Å²) < 4.78 is 0. The zero-order valence-electron chi connectivity index (χ0n) is 23.6. The van der Waals surface area contributed by atoms with Crippen LogP contribution >= 0.6 is 0 Å². The van der Waals surface area contributed by atoms with Crippen LogP contribution in [0.3, 0.4) is 0 Å². The van der Waals surface area contributed by atoms with Crippen LogP contribution in [0.5, 0.6) is 0 Å². The van der Waals surface area contributed by atoms with Gasteiger partial charge in [-0.15, -0.1) is 0 Å². The van der Waals surface area contributed by atoms with Gasteiger partial charge in [-0.25, -0.2) is 0 Å². The number of carbonyl (C=O) groups excluding carboxylic acids is 1. The van der Waals surface area contributed by atoms with Gasteiger partial charge in [0.15, 0.2) is 17.2 Å². The Labute approximate surface area is 236 Å². The minimum atomic E-state index is -2.21. The van der Waals surface area contributed by atoms with Crippen LogP contribution in [0.15, 0.2) is 0 Å². The number of carbonyl (C=O) groups is 1. The van der Waals surface area contributed by atoms with Gasteiger partial charge in [0, 0.05) is 24.2 Å². The largest absolute Gasteiger partial charge is 0.393 e. The van der Waals surface area contributed by atoms with Crippen molar-refractivity contribution in [1.29, 1.82) is 0 Å². The molecule has 0 saturated heterocycles. The number of rotatable bonds is 6. The van der Waals surface area contributed by atoms with E-state index in [1.165, 1.54) is 6.92 Å². The predicted octanol–water partition coefficient (Wildman–Crippen LogP) is 0.00310. The molecule has 10 heteroatoms. The van der Waals surface area contributed by atoms with Crippen molar-refractivity contribution in [2.75, 3.05) is 0 Å². The van der Waals surface area contributed by atoms with E-state index < -0.39 is 71.5 Å². The van der Waals surface area contributed by atoms with Gasteiger partial charge in [0.25, 0.3) is 0 Å². The molecule has 0 aliphatic heterocycles. The molecule has 5 saturated carbocycles. The molecule has 0 radical (unpaired) electrons. The maximum absolute atomic E-state index is 13.3. The summed E-state index contributed by atoms with van der Waals surface area (Å²) in [5, 5.41) is 85.6. The fraction of sp³-hybridized carbons (Fsp3) is 0.967. The molecule has 0 bridgehead atoms. The van der Waals surface area contributed by atoms with E-state index in [0.29, 0.717) is 43.4 Å². The second-order valence-electron chi connectivity index (χ2n) is 14.5. The van der Waals surface area contributed by atoms with Gasteiger partial charge in [-0.3, -0.25) is 4.79 Å². The molecule has 5 fully saturated rings. The number of hydrogen-bond donors (Lipinski definition) is 9. The quantitative estimate of drug-likeness (QED) is 0.196. The number of ketones is 1. The molecule has 0 spiro atoms. The Balaban J connectivity index is 1.27. The fourth-order valence-corrected chi connectivity index (χ4v) is 10.0. The van der Waals surface area contributed by atoms with Gasteiger partial charge in [0.05, 0.1) is 30.3 Å². The summed E-state index contributed by atoms with van der Waals surface area (Å²) in [5.74, 6) is -4.68. The van der Waals surface area contributed by atoms with Crippen LogP contribution in [-0.2, 0) is 4.79 Å². The molecule has 0 aromatic rings. The van der Waals surface area contributed by atoms with Gasteiger partial charge < -0.3 is 46.6 Å². The molecule has 10 N–H and O–H groups in total. The van der Waals surface area contributed by atoms with Crippen LogP contribution < -0.4 is 5.73 Å². The van der Waals surface area contributed by atoms with Crippen LogP contribution in [0.2, 0.25) is 0 Å². The third-order valence-electron chi connectivity index (χ3n) is 11.9. The van der Waals surface area contributed by atoms with E-state index in [4.69, 9.17) is 5.73 Å². The fourth-order valence-electron chi connectivity index (χ4n) is 10.0. The molecule has 10 nitrogen and oxygen atoms in total. The Morgan fingerprint density at radius 3 is 2.17 bits per heavy atom. The van der Waals surface area contributed by atoms with Crippen molar-refractivity contribution >= 4 is 5.78 Å². The highest BCUT2D eigenvalue weighted by Gasteiger charge is 2.66. The van der Waals surface area contributed by atoms with E-state index in [2.05, 4.69) is 0 Å². The topological polar surface area (TPSA) is 205 Å². The second kappa shape index (κ2) is 11.4. The summed E-state index contributed by atoms with van der Waals surface area (Å²) in [4.78, 5) is 13.3. The van der Waals surface area contributed by atoms with E-state index >= 15 is 0 Å². The Morgan fingerprint density at radius 2 is 1.55 bits per heavy atom. The van der Waals surface area contributed by atoms with Gasteiger partial charge in [0.2, 0.25) is 0 Å². The van der Waals surface area contributed by atoms with Gasteiger partial charge in [0.1, 0.15) is 6.23 Å². The molecule has 0 amide bonds. The first-order valence-corrected chi connectivity index (χ1v) is 15.6. The standard InChI is InChI=1S/C30H51NO9/c1-29(38,39)13-15-4-2-14(3-5-15)6-7-16-8-9-20(32)23-19(16)11-17-10-18-12-21(33)24(28(31)37)27(36)30(18,40)26(35)22(17)25(23)34/h14-26,28,32-35,37-40H,2-13,31H2,1H3/t14?,15?,16?,17-,18+,19?,20?,21?,22?,23?,24?,25?,26?,28?,30+/m1/s1. The van der Waals surface area contributed by atoms with Crippen molar-refractivity contribution in [3.05, 3.63) is 0 Å². The Hall–Kier alpha value is -0.690. The van der Waals surface area contributed by atoms with Crippen molar-refractivity contribution in [1.82, 2.24) is 0 Å². The number of hydrogen-bond acceptors (Lipinski definition) is 10. The minimum absolute atomic E-state index is 0.0338. The number of fused-ring (bicyclic) bond motifs is 3. The van der Waals surface area contributed by atoms with Crippen molar-refractivity contribution in [2.45, 2.75) is 126 Å². The SMILES string of the molecule is CC(O)(O)CC1CCC(CCC2CCC(O)C3C(O)C4C(O)[C@]5(O)C(=O)C(C(N)O)C(O)C[C@@H]5C[C@@H]4CC23)CC1. The first kappa shape index (κ1) is 30.8. The van der Waals surface area contributed by atoms with Crippen molar-refractivity contribution < 1.29 is 45.6 Å². The van der Waals surface area contributed by atoms with Crippen LogP contribution in [0.1, 0.15) is 84.0 Å². The maximum atomic E-state index is 13.3. The summed E-state index contributed by atoms with van der Waals surface area (Å²) >= 11 is 0. The average Bonchev–Trinajstić information content (AvgIpc) is 2.85. The molecule has 230 valence electrons. The monoisotopic (exact) mass is 569 g/mol. The lowest BCUT2D eigenvalue weighted by molar-refractivity contribution is -0.245. The second-order valence-corrected chi connectivity index (χ2v) is 14.5. The van der Waals surface area contributed by atoms with Crippen molar-refractivity contribution in [2.24, 2.45) is 59.0 Å². The third-order valence-corrected chi connectivity index (χ3v) is 11.9. The van der Waals surface area contributed by atoms with E-state index in [0.717, 1.165) is 44.9 Å². The molecule has 0 heterocycles. The molecular formula is C30H51NO9. The van der Waals surface area contributed by atoms with Crippen LogP contribution in [-0.4, -0.2) is 88.7 Å². The lowest BCUT2D eigenvalue weighted by atomic mass is 9.48. The number of aliphatic hydroxyl groups excluding tert-OH is 5. The molecular weight excluding hydrogens is 518 g/mol. The number of aliphatic hydroxyl groups is 8. The van der Waals surface area contributed by atoms with E-state index in [1.54, 1.807) is 0 Å². The minimum Gasteiger partial charge on any atom is -0.393 e. The summed E-state index contributed by atoms with van der Waals surface area (Å²) in [6.45, 7) is 1.44. The number of nitrogens with two attached hydrogens (primary N) is 1. The zero-order chi connectivity index (χ0) is 29.1. The van der Waals surface area contributed by atoms with Crippen molar-refractivity contribution in [3.63, 3.8) is 0 Å². The summed E-state index contributed by atoms with van der Waals surface area (Å²) in [6, 6.07) is 0. The van der Waals surface area contributed by atoms with E-state index in [-0.39, 0.29) is 18.3 Å². The Kier molecular flexibility index (Phi) is 8.79. The van der Waals surface area contributed by atoms with Crippen LogP contribution in [0.25, 0.3) is 0 Å². The predicted molar refractivity (Wildman–Crippen MR) is 144 cm³/mol.